The molecule has 1 fully saturated rings. The Hall–Kier alpha value is -0.470. The smallest absolute Gasteiger partial charge is 0.394 e. The van der Waals surface area contributed by atoms with E-state index in [9.17, 15) is 23.7 Å². The fourth-order valence-corrected chi connectivity index (χ4v) is 3.40. The lowest BCUT2D eigenvalue weighted by atomic mass is 10.0. The summed E-state index contributed by atoms with van der Waals surface area (Å²) in [4.78, 5) is 0. The van der Waals surface area contributed by atoms with Crippen LogP contribution < -0.4 is 0 Å². The van der Waals surface area contributed by atoms with Gasteiger partial charge in [0.05, 0.1) is 6.61 Å². The van der Waals surface area contributed by atoms with Crippen molar-refractivity contribution in [3.8, 4) is 0 Å². The van der Waals surface area contributed by atoms with Crippen molar-refractivity contribution in [3.63, 3.8) is 0 Å². The van der Waals surface area contributed by atoms with E-state index in [1.54, 1.807) is 0 Å². The van der Waals surface area contributed by atoms with E-state index in [2.05, 4.69) is 9.44 Å². The third-order valence-corrected chi connectivity index (χ3v) is 4.95. The van der Waals surface area contributed by atoms with Gasteiger partial charge in [0.2, 0.25) is 0 Å². The van der Waals surface area contributed by atoms with Crippen LogP contribution in [0.1, 0.15) is 26.7 Å². The predicted molar refractivity (Wildman–Crippen MR) is 85.5 cm³/mol. The van der Waals surface area contributed by atoms with Crippen molar-refractivity contribution in [3.05, 3.63) is 0 Å². The van der Waals surface area contributed by atoms with Gasteiger partial charge in [-0.3, -0.25) is 4.55 Å². The molecule has 0 aromatic heterocycles. The Morgan fingerprint density at radius 2 is 1.92 bits per heavy atom. The van der Waals surface area contributed by atoms with E-state index in [4.69, 9.17) is 14.4 Å². The van der Waals surface area contributed by atoms with Crippen molar-refractivity contribution < 1.29 is 42.4 Å². The number of hydrogen-bond acceptors (Lipinski definition) is 10. The molecule has 0 radical (unpaired) electrons. The molecule has 1 rings (SSSR count). The van der Waals surface area contributed by atoms with Crippen LogP contribution in [0.5, 0.6) is 0 Å². The van der Waals surface area contributed by atoms with Crippen LogP contribution in [0.25, 0.3) is 0 Å². The summed E-state index contributed by atoms with van der Waals surface area (Å²) in [5.74, 6) is 0.0890. The summed E-state index contributed by atoms with van der Waals surface area (Å²) in [6.07, 6.45) is -4.62. The second-order valence-corrected chi connectivity index (χ2v) is 7.70. The molecule has 24 heavy (non-hydrogen) atoms. The highest BCUT2D eigenvalue weighted by atomic mass is 32.3. The molecule has 1 heterocycles. The molecule has 5 N–H and O–H groups in total. The Morgan fingerprint density at radius 3 is 2.42 bits per heavy atom. The molecule has 1 aliphatic heterocycles. The van der Waals surface area contributed by atoms with Gasteiger partial charge in [-0.1, -0.05) is 37.2 Å². The highest BCUT2D eigenvalue weighted by molar-refractivity contribution is 8.14. The molecule has 0 bridgehead atoms. The van der Waals surface area contributed by atoms with Crippen LogP contribution >= 0.6 is 11.8 Å². The number of hydrogen-bond donors (Lipinski definition) is 5. The van der Waals surface area contributed by atoms with Gasteiger partial charge in [-0.15, -0.1) is 0 Å². The number of thioether (sulfide) groups is 1. The highest BCUT2D eigenvalue weighted by Gasteiger charge is 2.44. The molecular formula is C12H23NO9S2. The first kappa shape index (κ1) is 21.6. The van der Waals surface area contributed by atoms with E-state index in [1.165, 1.54) is 0 Å². The van der Waals surface area contributed by atoms with Gasteiger partial charge < -0.3 is 25.2 Å². The average Bonchev–Trinajstić information content (AvgIpc) is 2.52. The Balaban J connectivity index is 2.91. The molecule has 0 spiro atoms. The summed E-state index contributed by atoms with van der Waals surface area (Å²) in [5, 5.41) is 42.1. The molecule has 1 aliphatic rings. The molecule has 142 valence electrons. The van der Waals surface area contributed by atoms with Crippen LogP contribution in [0.15, 0.2) is 5.16 Å². The number of ether oxygens (including phenoxy) is 1. The third kappa shape index (κ3) is 6.44. The number of aliphatic hydroxyl groups excluding tert-OH is 4. The monoisotopic (exact) mass is 389 g/mol. The lowest BCUT2D eigenvalue weighted by molar-refractivity contribution is -0.205. The van der Waals surface area contributed by atoms with Gasteiger partial charge in [0.15, 0.2) is 0 Å². The molecule has 0 saturated carbocycles. The van der Waals surface area contributed by atoms with Crippen molar-refractivity contribution in [2.24, 2.45) is 11.1 Å². The maximum Gasteiger partial charge on any atom is 0.466 e. The fourth-order valence-electron chi connectivity index (χ4n) is 1.94. The molecule has 0 aromatic carbocycles. The molecule has 0 aliphatic carbocycles. The van der Waals surface area contributed by atoms with Crippen molar-refractivity contribution in [2.45, 2.75) is 56.5 Å². The van der Waals surface area contributed by atoms with Crippen molar-refractivity contribution in [1.29, 1.82) is 0 Å². The maximum atomic E-state index is 10.7. The molecule has 0 unspecified atom stereocenters. The quantitative estimate of drug-likeness (QED) is 0.159. The molecule has 0 aromatic rings. The van der Waals surface area contributed by atoms with Crippen LogP contribution in [0.3, 0.4) is 0 Å². The minimum Gasteiger partial charge on any atom is -0.394 e. The minimum atomic E-state index is -4.78. The first-order chi connectivity index (χ1) is 11.1. The van der Waals surface area contributed by atoms with Crippen molar-refractivity contribution >= 4 is 27.2 Å². The van der Waals surface area contributed by atoms with Gasteiger partial charge in [0, 0.05) is 6.42 Å². The van der Waals surface area contributed by atoms with E-state index >= 15 is 0 Å². The summed E-state index contributed by atoms with van der Waals surface area (Å²) in [7, 11) is -4.78. The van der Waals surface area contributed by atoms with Crippen LogP contribution in [-0.4, -0.2) is 74.9 Å². The zero-order valence-electron chi connectivity index (χ0n) is 13.2. The number of aliphatic hydroxyl groups is 4. The normalized spacial score (nSPS) is 33.3. The Labute approximate surface area is 144 Å². The Morgan fingerprint density at radius 1 is 1.29 bits per heavy atom. The summed E-state index contributed by atoms with van der Waals surface area (Å²) in [6, 6.07) is 0. The lowest BCUT2D eigenvalue weighted by Gasteiger charge is -2.39. The standard InChI is InChI=1S/C12H23NO9S2/c1-3-6(2)4-8(13-22-24(18,19)20)23-12-11(17)10(16)9(15)7(5-14)21-12/h6-7,9-12,14-17H,3-5H2,1-2H3,(H,18,19,20)/b13-8+/t6-,7+,9+,10+,11-,12-/m1/s1. The van der Waals surface area contributed by atoms with Crippen molar-refractivity contribution in [1.82, 2.24) is 0 Å². The zero-order chi connectivity index (χ0) is 18.5. The van der Waals surface area contributed by atoms with Gasteiger partial charge in [-0.2, -0.15) is 8.42 Å². The largest absolute Gasteiger partial charge is 0.466 e. The molecule has 0 amide bonds. The molecule has 6 atom stereocenters. The lowest BCUT2D eigenvalue weighted by Crippen LogP contribution is -2.57. The SMILES string of the molecule is CC[C@@H](C)C/C(=N\OS(=O)(=O)O)S[C@H]1O[C@@H](CO)[C@H](O)[C@H](O)[C@H]1O. The van der Waals surface area contributed by atoms with Crippen LogP contribution in [0.4, 0.5) is 0 Å². The molecular weight excluding hydrogens is 366 g/mol. The Kier molecular flexibility index (Phi) is 8.35. The predicted octanol–water partition coefficient (Wildman–Crippen LogP) is -0.911. The maximum absolute atomic E-state index is 10.7. The minimum absolute atomic E-state index is 0.0890. The number of rotatable bonds is 7. The third-order valence-electron chi connectivity index (χ3n) is 3.55. The van der Waals surface area contributed by atoms with Crippen LogP contribution in [0.2, 0.25) is 0 Å². The second-order valence-electron chi connectivity index (χ2n) is 5.52. The van der Waals surface area contributed by atoms with Gasteiger partial charge in [0.25, 0.3) is 0 Å². The van der Waals surface area contributed by atoms with E-state index < -0.39 is 46.9 Å². The van der Waals surface area contributed by atoms with E-state index in [0.717, 1.165) is 18.2 Å². The summed E-state index contributed by atoms with van der Waals surface area (Å²) < 4.78 is 39.3. The van der Waals surface area contributed by atoms with Gasteiger partial charge in [-0.25, -0.2) is 4.28 Å². The number of nitrogens with zero attached hydrogens (tertiary/aromatic N) is 1. The first-order valence-electron chi connectivity index (χ1n) is 7.29. The topological polar surface area (TPSA) is 166 Å². The van der Waals surface area contributed by atoms with Gasteiger partial charge in [0.1, 0.15) is 34.9 Å². The van der Waals surface area contributed by atoms with Crippen LogP contribution in [-0.2, 0) is 19.4 Å². The summed E-state index contributed by atoms with van der Waals surface area (Å²) in [5.41, 5.74) is -1.12. The van der Waals surface area contributed by atoms with Gasteiger partial charge >= 0.3 is 10.4 Å². The average molecular weight is 389 g/mol. The Bertz CT molecular complexity index is 525. The fraction of sp³-hybridized carbons (Fsp3) is 0.917. The highest BCUT2D eigenvalue weighted by Crippen LogP contribution is 2.31. The molecule has 12 heteroatoms. The number of oxime groups is 1. The first-order valence-corrected chi connectivity index (χ1v) is 9.53. The van der Waals surface area contributed by atoms with E-state index in [-0.39, 0.29) is 17.4 Å². The summed E-state index contributed by atoms with van der Waals surface area (Å²) >= 11 is 0.778. The zero-order valence-corrected chi connectivity index (χ0v) is 14.9. The van der Waals surface area contributed by atoms with Crippen molar-refractivity contribution in [2.75, 3.05) is 6.61 Å². The van der Waals surface area contributed by atoms with E-state index in [0.29, 0.717) is 0 Å². The second kappa shape index (κ2) is 9.29. The van der Waals surface area contributed by atoms with E-state index in [1.807, 2.05) is 13.8 Å². The van der Waals surface area contributed by atoms with Gasteiger partial charge in [-0.05, 0) is 5.92 Å². The molecule has 10 nitrogen and oxygen atoms in total. The van der Waals surface area contributed by atoms with Crippen LogP contribution in [0, 0.1) is 5.92 Å². The summed E-state index contributed by atoms with van der Waals surface area (Å²) in [6.45, 7) is 3.20. The molecule has 1 saturated heterocycles.